The molecule has 4 rings (SSSR count). The van der Waals surface area contributed by atoms with Crippen molar-refractivity contribution in [1.82, 2.24) is 5.32 Å². The molecule has 2 atom stereocenters. The second-order valence-corrected chi connectivity index (χ2v) is 6.48. The minimum Gasteiger partial charge on any atom is -0.481 e. The van der Waals surface area contributed by atoms with Crippen LogP contribution in [0.4, 0.5) is 4.39 Å². The number of halogens is 2. The summed E-state index contributed by atoms with van der Waals surface area (Å²) in [5.74, 6) is 0.524. The molecular formula is C19H17ClFNO. The Morgan fingerprint density at radius 1 is 1.26 bits per heavy atom. The predicted molar refractivity (Wildman–Crippen MR) is 90.4 cm³/mol. The lowest BCUT2D eigenvalue weighted by Gasteiger charge is -2.31. The van der Waals surface area contributed by atoms with Gasteiger partial charge in [0.1, 0.15) is 17.7 Å². The summed E-state index contributed by atoms with van der Waals surface area (Å²) >= 11 is 5.84. The normalized spacial score (nSPS) is 22.2. The van der Waals surface area contributed by atoms with Gasteiger partial charge >= 0.3 is 0 Å². The van der Waals surface area contributed by atoms with E-state index in [1.807, 2.05) is 12.2 Å². The fraction of sp³-hybridized carbons (Fsp3) is 0.263. The van der Waals surface area contributed by atoms with Crippen molar-refractivity contribution in [1.29, 1.82) is 0 Å². The molecule has 0 fully saturated rings. The van der Waals surface area contributed by atoms with Crippen LogP contribution >= 0.6 is 11.6 Å². The molecule has 4 heteroatoms. The van der Waals surface area contributed by atoms with E-state index in [-0.39, 0.29) is 11.9 Å². The zero-order chi connectivity index (χ0) is 16.0. The largest absolute Gasteiger partial charge is 0.481 e. The highest BCUT2D eigenvalue weighted by atomic mass is 35.5. The van der Waals surface area contributed by atoms with Crippen LogP contribution < -0.4 is 10.1 Å². The summed E-state index contributed by atoms with van der Waals surface area (Å²) in [5, 5.41) is 3.86. The molecule has 2 aliphatic rings. The van der Waals surface area contributed by atoms with E-state index in [4.69, 9.17) is 16.3 Å². The molecule has 0 radical (unpaired) electrons. The molecule has 0 spiro atoms. The van der Waals surface area contributed by atoms with Crippen LogP contribution in [-0.4, -0.2) is 6.54 Å². The van der Waals surface area contributed by atoms with E-state index in [1.54, 1.807) is 12.1 Å². The summed E-state index contributed by atoms with van der Waals surface area (Å²) < 4.78 is 20.4. The smallest absolute Gasteiger partial charge is 0.145 e. The number of benzene rings is 2. The van der Waals surface area contributed by atoms with Gasteiger partial charge in [-0.25, -0.2) is 4.39 Å². The van der Waals surface area contributed by atoms with Crippen LogP contribution in [0.2, 0.25) is 5.02 Å². The molecule has 1 N–H and O–H groups in total. The van der Waals surface area contributed by atoms with Crippen LogP contribution in [0.1, 0.15) is 41.3 Å². The molecule has 2 heterocycles. The Kier molecular flexibility index (Phi) is 3.63. The van der Waals surface area contributed by atoms with E-state index >= 15 is 0 Å². The first-order chi connectivity index (χ1) is 11.1. The first kappa shape index (κ1) is 14.7. The molecule has 0 amide bonds. The average Bonchev–Trinajstić information content (AvgIpc) is 2.54. The van der Waals surface area contributed by atoms with E-state index in [0.29, 0.717) is 10.6 Å². The fourth-order valence-corrected chi connectivity index (χ4v) is 3.55. The lowest BCUT2D eigenvalue weighted by Crippen LogP contribution is -2.29. The van der Waals surface area contributed by atoms with Crippen LogP contribution in [-0.2, 0) is 6.42 Å². The first-order valence-corrected chi connectivity index (χ1v) is 8.20. The predicted octanol–water partition coefficient (Wildman–Crippen LogP) is 4.83. The summed E-state index contributed by atoms with van der Waals surface area (Å²) in [6, 6.07) is 9.19. The Balaban J connectivity index is 1.77. The fourth-order valence-electron chi connectivity index (χ4n) is 3.39. The molecule has 0 aromatic heterocycles. The van der Waals surface area contributed by atoms with Gasteiger partial charge in [0, 0.05) is 27.8 Å². The molecule has 0 saturated heterocycles. The van der Waals surface area contributed by atoms with Crippen molar-refractivity contribution in [2.45, 2.75) is 25.5 Å². The highest BCUT2D eigenvalue weighted by Crippen LogP contribution is 2.41. The van der Waals surface area contributed by atoms with Crippen molar-refractivity contribution in [3.05, 3.63) is 69.5 Å². The maximum atomic E-state index is 14.2. The molecule has 1 unspecified atom stereocenters. The highest BCUT2D eigenvalue weighted by Gasteiger charge is 2.27. The van der Waals surface area contributed by atoms with Crippen LogP contribution in [0, 0.1) is 5.82 Å². The standard InChI is InChI=1S/C19H17ClFNO/c1-11-18-12(8-9-22-11)2-3-13-4-7-17(23-19(13)18)15-6-5-14(20)10-16(15)21/h2-7,10-11,17,22H,8-9H2,1H3/t11?,17-/m1/s1. The Labute approximate surface area is 139 Å². The number of rotatable bonds is 1. The van der Waals surface area contributed by atoms with E-state index in [9.17, 15) is 4.39 Å². The van der Waals surface area contributed by atoms with Gasteiger partial charge in [0.15, 0.2) is 0 Å². The molecule has 2 aromatic carbocycles. The Morgan fingerprint density at radius 2 is 2.13 bits per heavy atom. The van der Waals surface area contributed by atoms with Gasteiger partial charge in [-0.1, -0.05) is 35.9 Å². The van der Waals surface area contributed by atoms with Gasteiger partial charge in [0.25, 0.3) is 0 Å². The third-order valence-corrected chi connectivity index (χ3v) is 4.79. The SMILES string of the molecule is CC1NCCc2ccc3c(c21)O[C@@H](c1ccc(Cl)cc1F)C=C3. The van der Waals surface area contributed by atoms with Crippen LogP contribution in [0.15, 0.2) is 36.4 Å². The zero-order valence-electron chi connectivity index (χ0n) is 12.8. The molecule has 0 saturated carbocycles. The minimum absolute atomic E-state index is 0.232. The molecule has 118 valence electrons. The molecular weight excluding hydrogens is 313 g/mol. The van der Waals surface area contributed by atoms with Gasteiger partial charge in [0.2, 0.25) is 0 Å². The van der Waals surface area contributed by atoms with Gasteiger partial charge in [0.05, 0.1) is 0 Å². The number of fused-ring (bicyclic) bond motifs is 3. The van der Waals surface area contributed by atoms with E-state index in [1.165, 1.54) is 17.2 Å². The minimum atomic E-state index is -0.430. The van der Waals surface area contributed by atoms with Gasteiger partial charge in [-0.2, -0.15) is 0 Å². The van der Waals surface area contributed by atoms with Crippen molar-refractivity contribution in [2.24, 2.45) is 0 Å². The molecule has 0 bridgehead atoms. The number of ether oxygens (including phenoxy) is 1. The van der Waals surface area contributed by atoms with E-state index in [0.717, 1.165) is 24.3 Å². The van der Waals surface area contributed by atoms with Crippen LogP contribution in [0.5, 0.6) is 5.75 Å². The van der Waals surface area contributed by atoms with Crippen molar-refractivity contribution >= 4 is 17.7 Å². The number of nitrogens with one attached hydrogen (secondary N) is 1. The lowest BCUT2D eigenvalue weighted by atomic mass is 9.90. The number of hydrogen-bond acceptors (Lipinski definition) is 2. The maximum absolute atomic E-state index is 14.2. The third-order valence-electron chi connectivity index (χ3n) is 4.56. The summed E-state index contributed by atoms with van der Waals surface area (Å²) in [5.41, 5.74) is 4.05. The summed E-state index contributed by atoms with van der Waals surface area (Å²) in [6.45, 7) is 3.11. The molecule has 2 aliphatic heterocycles. The van der Waals surface area contributed by atoms with Crippen molar-refractivity contribution < 1.29 is 9.13 Å². The Bertz CT molecular complexity index is 802. The van der Waals surface area contributed by atoms with Crippen LogP contribution in [0.3, 0.4) is 0 Å². The quantitative estimate of drug-likeness (QED) is 0.809. The molecule has 0 aliphatic carbocycles. The Morgan fingerprint density at radius 3 is 2.96 bits per heavy atom. The second kappa shape index (κ2) is 5.66. The zero-order valence-corrected chi connectivity index (χ0v) is 13.5. The van der Waals surface area contributed by atoms with Crippen molar-refractivity contribution in [2.75, 3.05) is 6.54 Å². The second-order valence-electron chi connectivity index (χ2n) is 6.05. The average molecular weight is 330 g/mol. The lowest BCUT2D eigenvalue weighted by molar-refractivity contribution is 0.240. The summed E-state index contributed by atoms with van der Waals surface area (Å²) in [4.78, 5) is 0. The van der Waals surface area contributed by atoms with Crippen LogP contribution in [0.25, 0.3) is 6.08 Å². The highest BCUT2D eigenvalue weighted by molar-refractivity contribution is 6.30. The first-order valence-electron chi connectivity index (χ1n) is 7.82. The van der Waals surface area contributed by atoms with Crippen molar-refractivity contribution in [3.63, 3.8) is 0 Å². The van der Waals surface area contributed by atoms with Gasteiger partial charge < -0.3 is 10.1 Å². The van der Waals surface area contributed by atoms with Gasteiger partial charge in [-0.05, 0) is 43.7 Å². The maximum Gasteiger partial charge on any atom is 0.145 e. The van der Waals surface area contributed by atoms with E-state index < -0.39 is 6.10 Å². The Hall–Kier alpha value is -1.84. The molecule has 2 aromatic rings. The van der Waals surface area contributed by atoms with Crippen molar-refractivity contribution in [3.8, 4) is 5.75 Å². The van der Waals surface area contributed by atoms with Gasteiger partial charge in [-0.15, -0.1) is 0 Å². The molecule has 2 nitrogen and oxygen atoms in total. The number of hydrogen-bond donors (Lipinski definition) is 1. The summed E-state index contributed by atoms with van der Waals surface area (Å²) in [6.07, 6.45) is 4.46. The van der Waals surface area contributed by atoms with E-state index in [2.05, 4.69) is 24.4 Å². The third kappa shape index (κ3) is 2.54. The van der Waals surface area contributed by atoms with Gasteiger partial charge in [-0.3, -0.25) is 0 Å². The summed E-state index contributed by atoms with van der Waals surface area (Å²) in [7, 11) is 0. The monoisotopic (exact) mass is 329 g/mol. The topological polar surface area (TPSA) is 21.3 Å². The molecule has 23 heavy (non-hydrogen) atoms.